The minimum Gasteiger partial charge on any atom is -0.365 e. The van der Waals surface area contributed by atoms with Gasteiger partial charge in [-0.3, -0.25) is 4.99 Å². The Labute approximate surface area is 202 Å². The molecule has 3 aromatic rings. The molecule has 1 heterocycles. The lowest BCUT2D eigenvalue weighted by molar-refractivity contribution is -0.291. The number of aliphatic imine (C=N–C) groups is 1. The van der Waals surface area contributed by atoms with Gasteiger partial charge in [-0.25, -0.2) is 14.2 Å². The second-order valence-corrected chi connectivity index (χ2v) is 9.15. The first-order valence-corrected chi connectivity index (χ1v) is 11.4. The maximum absolute atomic E-state index is 14.9. The van der Waals surface area contributed by atoms with Crippen LogP contribution >= 0.6 is 11.3 Å². The molecule has 0 aliphatic heterocycles. The molecule has 0 saturated carbocycles. The maximum atomic E-state index is 14.9. The number of aromatic nitrogens is 1. The largest absolute Gasteiger partial charge is 0.576 e. The van der Waals surface area contributed by atoms with Gasteiger partial charge in [-0.1, -0.05) is 0 Å². The molecule has 0 fully saturated rings. The molecule has 2 N–H and O–H groups in total. The highest BCUT2D eigenvalue weighted by molar-refractivity contribution is 7.22. The number of thiazole rings is 1. The van der Waals surface area contributed by atoms with Crippen molar-refractivity contribution < 1.29 is 31.8 Å². The van der Waals surface area contributed by atoms with Gasteiger partial charge < -0.3 is 20.1 Å². The molecule has 0 radical (unpaired) electrons. The number of benzene rings is 2. The van der Waals surface area contributed by atoms with Gasteiger partial charge in [0.15, 0.2) is 0 Å². The van der Waals surface area contributed by atoms with Crippen molar-refractivity contribution in [3.8, 4) is 10.6 Å². The van der Waals surface area contributed by atoms with Crippen LogP contribution < -0.4 is 10.6 Å². The van der Waals surface area contributed by atoms with Gasteiger partial charge in [0.05, 0.1) is 21.6 Å². The van der Waals surface area contributed by atoms with Crippen LogP contribution in [0.2, 0.25) is 0 Å². The molecular weight excluding hydrogens is 488 g/mol. The Balaban J connectivity index is 1.65. The van der Waals surface area contributed by atoms with Crippen LogP contribution in [0.15, 0.2) is 23.2 Å². The Morgan fingerprint density at radius 2 is 2.03 bits per heavy atom. The van der Waals surface area contributed by atoms with Crippen LogP contribution in [0.1, 0.15) is 16.7 Å². The van der Waals surface area contributed by atoms with Crippen LogP contribution in [0.3, 0.4) is 0 Å². The topological polar surface area (TPSA) is 84.8 Å². The van der Waals surface area contributed by atoms with Crippen molar-refractivity contribution >= 4 is 45.7 Å². The predicted molar refractivity (Wildman–Crippen MR) is 126 cm³/mol. The van der Waals surface area contributed by atoms with E-state index in [1.165, 1.54) is 17.4 Å². The first kappa shape index (κ1) is 24.9. The lowest BCUT2D eigenvalue weighted by Crippen LogP contribution is -2.34. The summed E-state index contributed by atoms with van der Waals surface area (Å²) in [6.07, 6.45) is -5.97. The summed E-state index contributed by atoms with van der Waals surface area (Å²) < 4.78 is 60.8. The molecule has 12 heteroatoms. The van der Waals surface area contributed by atoms with Crippen LogP contribution in [0.4, 0.5) is 33.7 Å². The minimum absolute atomic E-state index is 0.0759. The Kier molecular flexibility index (Phi) is 6.95. The number of carbonyl (C=O) groups excluding carboxylic acids is 1. The van der Waals surface area contributed by atoms with E-state index in [1.807, 2.05) is 19.1 Å². The van der Waals surface area contributed by atoms with E-state index in [-0.39, 0.29) is 25.6 Å². The summed E-state index contributed by atoms with van der Waals surface area (Å²) in [5.74, 6) is -0.703. The number of aryl methyl sites for hydroxylation is 1. The number of methoxy groups -OCH3 is 1. The number of ether oxygens (including phenoxy) is 2. The summed E-state index contributed by atoms with van der Waals surface area (Å²) >= 11 is 1.39. The highest BCUT2D eigenvalue weighted by atomic mass is 32.1. The smallest absolute Gasteiger partial charge is 0.365 e. The number of alkyl halides is 3. The number of halogens is 4. The minimum atomic E-state index is -5.06. The second-order valence-electron chi connectivity index (χ2n) is 8.15. The van der Waals surface area contributed by atoms with Gasteiger partial charge in [-0.2, -0.15) is 0 Å². The first-order valence-electron chi connectivity index (χ1n) is 10.6. The van der Waals surface area contributed by atoms with E-state index in [0.717, 1.165) is 21.4 Å². The normalized spacial score (nSPS) is 15.2. The van der Waals surface area contributed by atoms with Gasteiger partial charge in [0.2, 0.25) is 0 Å². The molecule has 1 unspecified atom stereocenters. The van der Waals surface area contributed by atoms with Crippen molar-refractivity contribution in [1.29, 1.82) is 0 Å². The molecule has 1 amide bonds. The molecule has 4 rings (SSSR count). The average molecular weight is 511 g/mol. The molecule has 35 heavy (non-hydrogen) atoms. The van der Waals surface area contributed by atoms with E-state index in [1.54, 1.807) is 7.11 Å². The highest BCUT2D eigenvalue weighted by Gasteiger charge is 2.35. The zero-order valence-corrected chi connectivity index (χ0v) is 19.7. The van der Waals surface area contributed by atoms with E-state index in [0.29, 0.717) is 33.9 Å². The summed E-state index contributed by atoms with van der Waals surface area (Å²) in [7, 11) is 1.56. The van der Waals surface area contributed by atoms with Crippen LogP contribution in [0.5, 0.6) is 0 Å². The molecule has 1 aromatic heterocycles. The number of nitrogens with one attached hydrogen (secondary N) is 2. The van der Waals surface area contributed by atoms with E-state index >= 15 is 0 Å². The lowest BCUT2D eigenvalue weighted by Gasteiger charge is -2.13. The maximum Gasteiger partial charge on any atom is 0.576 e. The molecule has 2 aromatic carbocycles. The highest BCUT2D eigenvalue weighted by Crippen LogP contribution is 2.44. The molecular formula is C23H22F4N4O3S. The number of fused-ring (bicyclic) bond motifs is 3. The van der Waals surface area contributed by atoms with Crippen molar-refractivity contribution in [3.05, 3.63) is 40.7 Å². The number of hydrogen-bond donors (Lipinski definition) is 2. The lowest BCUT2D eigenvalue weighted by atomic mass is 10.1. The van der Waals surface area contributed by atoms with Gasteiger partial charge in [0.1, 0.15) is 17.6 Å². The molecule has 0 spiro atoms. The van der Waals surface area contributed by atoms with E-state index in [4.69, 9.17) is 4.74 Å². The molecule has 0 bridgehead atoms. The third kappa shape index (κ3) is 5.38. The van der Waals surface area contributed by atoms with Gasteiger partial charge >= 0.3 is 12.5 Å². The number of amides is 1. The Morgan fingerprint density at radius 1 is 1.29 bits per heavy atom. The molecule has 0 saturated heterocycles. The van der Waals surface area contributed by atoms with Crippen molar-refractivity contribution in [2.75, 3.05) is 25.7 Å². The van der Waals surface area contributed by atoms with Crippen LogP contribution in [0.25, 0.3) is 20.8 Å². The van der Waals surface area contributed by atoms with Gasteiger partial charge in [0.25, 0.3) is 0 Å². The summed E-state index contributed by atoms with van der Waals surface area (Å²) in [6, 6.07) is 5.19. The fourth-order valence-electron chi connectivity index (χ4n) is 4.24. The molecule has 7 nitrogen and oxygen atoms in total. The zero-order valence-electron chi connectivity index (χ0n) is 18.9. The number of carbonyl (C=O) groups is 1. The van der Waals surface area contributed by atoms with E-state index in [9.17, 15) is 22.4 Å². The van der Waals surface area contributed by atoms with Crippen molar-refractivity contribution in [3.63, 3.8) is 0 Å². The summed E-state index contributed by atoms with van der Waals surface area (Å²) in [5, 5.41) is 5.93. The third-order valence-electron chi connectivity index (χ3n) is 5.63. The average Bonchev–Trinajstić information content (AvgIpc) is 3.39. The summed E-state index contributed by atoms with van der Waals surface area (Å²) in [5.41, 5.74) is 4.75. The van der Waals surface area contributed by atoms with Crippen LogP contribution in [-0.4, -0.2) is 44.5 Å². The number of hydrogen-bond acceptors (Lipinski definition) is 7. The number of rotatable bonds is 7. The summed E-state index contributed by atoms with van der Waals surface area (Å²) in [6.45, 7) is 5.72. The Morgan fingerprint density at radius 3 is 2.71 bits per heavy atom. The van der Waals surface area contributed by atoms with Gasteiger partial charge in [0, 0.05) is 25.3 Å². The molecule has 1 aliphatic rings. The Bertz CT molecular complexity index is 1290. The standard InChI is InChI=1S/C23H22F4N4O3S/c1-11-4-15(19(30-10-33-3)17(5-11)28-2)21-31-18-8-16(24)13-6-12(7-14(13)20(18)35-21)9-29-22(32)34-23(25,26)27/h4-5,8,12,30H,2,6-7,9-10H2,1,3H3,(H,29,32). The number of alkyl carbamates (subject to hydrolysis) is 1. The molecule has 186 valence electrons. The predicted octanol–water partition coefficient (Wildman–Crippen LogP) is 5.72. The number of anilines is 1. The van der Waals surface area contributed by atoms with Crippen molar-refractivity contribution in [1.82, 2.24) is 10.3 Å². The zero-order chi connectivity index (χ0) is 25.3. The summed E-state index contributed by atoms with van der Waals surface area (Å²) in [4.78, 5) is 20.1. The Hall–Kier alpha value is -3.25. The number of nitrogens with zero attached hydrogens (tertiary/aromatic N) is 2. The second kappa shape index (κ2) is 9.78. The van der Waals surface area contributed by atoms with E-state index < -0.39 is 18.3 Å². The van der Waals surface area contributed by atoms with E-state index in [2.05, 4.69) is 32.1 Å². The van der Waals surface area contributed by atoms with Crippen molar-refractivity contribution in [2.45, 2.75) is 26.1 Å². The monoisotopic (exact) mass is 510 g/mol. The fraction of sp³-hybridized carbons (Fsp3) is 0.348. The van der Waals surface area contributed by atoms with Crippen LogP contribution in [0, 0.1) is 18.7 Å². The SMILES string of the molecule is C=Nc1cc(C)cc(-c2nc3cc(F)c4c(c3s2)CC(CNC(=O)OC(F)(F)F)C4)c1NCOC. The van der Waals surface area contributed by atoms with Gasteiger partial charge in [-0.05, 0) is 61.2 Å². The van der Waals surface area contributed by atoms with Crippen molar-refractivity contribution in [2.24, 2.45) is 10.9 Å². The third-order valence-corrected chi connectivity index (χ3v) is 6.79. The fourth-order valence-corrected chi connectivity index (χ4v) is 5.39. The quantitative estimate of drug-likeness (QED) is 0.241. The van der Waals surface area contributed by atoms with Crippen LogP contribution in [-0.2, 0) is 22.3 Å². The molecule has 1 atom stereocenters. The van der Waals surface area contributed by atoms with Gasteiger partial charge in [-0.15, -0.1) is 24.5 Å². The molecule has 1 aliphatic carbocycles. The first-order chi connectivity index (χ1) is 16.6.